The molecule has 1 atom stereocenters. The van der Waals surface area contributed by atoms with Crippen LogP contribution in [0, 0.1) is 0 Å². The van der Waals surface area contributed by atoms with E-state index in [-0.39, 0.29) is 12.7 Å². The van der Waals surface area contributed by atoms with Crippen molar-refractivity contribution in [2.75, 3.05) is 7.11 Å². The van der Waals surface area contributed by atoms with Gasteiger partial charge in [-0.25, -0.2) is 9.97 Å². The van der Waals surface area contributed by atoms with Crippen LogP contribution in [0.2, 0.25) is 0 Å². The van der Waals surface area contributed by atoms with Crippen molar-refractivity contribution in [2.45, 2.75) is 19.6 Å². The SMILES string of the molecule is COC(C)c1ncc(CO)cn1. The van der Waals surface area contributed by atoms with E-state index < -0.39 is 0 Å². The Morgan fingerprint density at radius 3 is 2.50 bits per heavy atom. The van der Waals surface area contributed by atoms with E-state index >= 15 is 0 Å². The van der Waals surface area contributed by atoms with Gasteiger partial charge in [-0.2, -0.15) is 0 Å². The molecule has 66 valence electrons. The molecule has 12 heavy (non-hydrogen) atoms. The molecule has 1 heterocycles. The van der Waals surface area contributed by atoms with Crippen LogP contribution in [0.25, 0.3) is 0 Å². The highest BCUT2D eigenvalue weighted by atomic mass is 16.5. The molecule has 1 rings (SSSR count). The summed E-state index contributed by atoms with van der Waals surface area (Å²) < 4.78 is 5.02. The van der Waals surface area contributed by atoms with Crippen molar-refractivity contribution >= 4 is 0 Å². The minimum Gasteiger partial charge on any atom is -0.392 e. The predicted octanol–water partition coefficient (Wildman–Crippen LogP) is 0.676. The normalized spacial score (nSPS) is 12.9. The number of aliphatic hydroxyl groups excluding tert-OH is 1. The molecule has 0 aromatic carbocycles. The summed E-state index contributed by atoms with van der Waals surface area (Å²) >= 11 is 0. The van der Waals surface area contributed by atoms with Gasteiger partial charge in [0.25, 0.3) is 0 Å². The molecule has 1 N–H and O–H groups in total. The van der Waals surface area contributed by atoms with Gasteiger partial charge in [0, 0.05) is 25.1 Å². The van der Waals surface area contributed by atoms with Crippen LogP contribution in [0.5, 0.6) is 0 Å². The van der Waals surface area contributed by atoms with Crippen molar-refractivity contribution in [3.63, 3.8) is 0 Å². The third-order valence-electron chi connectivity index (χ3n) is 1.63. The largest absolute Gasteiger partial charge is 0.392 e. The molecule has 0 saturated heterocycles. The van der Waals surface area contributed by atoms with E-state index in [0.29, 0.717) is 11.4 Å². The van der Waals surface area contributed by atoms with E-state index in [1.807, 2.05) is 6.92 Å². The monoisotopic (exact) mass is 168 g/mol. The lowest BCUT2D eigenvalue weighted by Crippen LogP contribution is -2.02. The number of aromatic nitrogens is 2. The molecule has 1 aromatic heterocycles. The van der Waals surface area contributed by atoms with Gasteiger partial charge < -0.3 is 9.84 Å². The van der Waals surface area contributed by atoms with E-state index in [2.05, 4.69) is 9.97 Å². The van der Waals surface area contributed by atoms with Crippen molar-refractivity contribution in [1.29, 1.82) is 0 Å². The first-order valence-electron chi connectivity index (χ1n) is 3.72. The molecular formula is C8H12N2O2. The van der Waals surface area contributed by atoms with Gasteiger partial charge in [-0.1, -0.05) is 0 Å². The Labute approximate surface area is 71.2 Å². The first-order valence-corrected chi connectivity index (χ1v) is 3.72. The summed E-state index contributed by atoms with van der Waals surface area (Å²) in [5.41, 5.74) is 0.710. The van der Waals surface area contributed by atoms with Gasteiger partial charge >= 0.3 is 0 Å². The molecule has 4 nitrogen and oxygen atoms in total. The number of aliphatic hydroxyl groups is 1. The summed E-state index contributed by atoms with van der Waals surface area (Å²) in [6.07, 6.45) is 3.09. The zero-order valence-electron chi connectivity index (χ0n) is 7.19. The first-order chi connectivity index (χ1) is 5.77. The van der Waals surface area contributed by atoms with Crippen molar-refractivity contribution < 1.29 is 9.84 Å². The second kappa shape index (κ2) is 4.13. The molecule has 0 amide bonds. The number of nitrogens with zero attached hydrogens (tertiary/aromatic N) is 2. The lowest BCUT2D eigenvalue weighted by Gasteiger charge is -2.06. The topological polar surface area (TPSA) is 55.2 Å². The predicted molar refractivity (Wildman–Crippen MR) is 43.4 cm³/mol. The van der Waals surface area contributed by atoms with Gasteiger partial charge in [-0.15, -0.1) is 0 Å². The molecule has 0 aliphatic carbocycles. The maximum Gasteiger partial charge on any atom is 0.156 e. The van der Waals surface area contributed by atoms with Gasteiger partial charge in [0.1, 0.15) is 6.10 Å². The zero-order chi connectivity index (χ0) is 8.97. The summed E-state index contributed by atoms with van der Waals surface area (Å²) in [6.45, 7) is 1.84. The quantitative estimate of drug-likeness (QED) is 0.721. The Balaban J connectivity index is 2.77. The summed E-state index contributed by atoms with van der Waals surface area (Å²) in [5, 5.41) is 8.71. The first kappa shape index (κ1) is 9.09. The number of methoxy groups -OCH3 is 1. The third kappa shape index (κ3) is 1.99. The van der Waals surface area contributed by atoms with Crippen LogP contribution in [0.3, 0.4) is 0 Å². The van der Waals surface area contributed by atoms with Crippen molar-refractivity contribution in [3.05, 3.63) is 23.8 Å². The number of hydrogen-bond acceptors (Lipinski definition) is 4. The lowest BCUT2D eigenvalue weighted by atomic mass is 10.3. The molecule has 0 spiro atoms. The highest BCUT2D eigenvalue weighted by Crippen LogP contribution is 2.09. The summed E-state index contributed by atoms with van der Waals surface area (Å²) in [7, 11) is 1.61. The molecule has 1 aromatic rings. The van der Waals surface area contributed by atoms with Gasteiger partial charge in [0.15, 0.2) is 5.82 Å². The molecule has 0 bridgehead atoms. The fourth-order valence-electron chi connectivity index (χ4n) is 0.762. The minimum atomic E-state index is -0.0993. The van der Waals surface area contributed by atoms with Gasteiger partial charge in [-0.3, -0.25) is 0 Å². The fraction of sp³-hybridized carbons (Fsp3) is 0.500. The maximum atomic E-state index is 8.71. The molecule has 4 heteroatoms. The van der Waals surface area contributed by atoms with Crippen LogP contribution in [0.1, 0.15) is 24.4 Å². The molecule has 0 aliphatic heterocycles. The molecule has 0 radical (unpaired) electrons. The second-order valence-electron chi connectivity index (χ2n) is 2.49. The highest BCUT2D eigenvalue weighted by Gasteiger charge is 2.05. The third-order valence-corrected chi connectivity index (χ3v) is 1.63. The van der Waals surface area contributed by atoms with Gasteiger partial charge in [-0.05, 0) is 6.92 Å². The lowest BCUT2D eigenvalue weighted by molar-refractivity contribution is 0.112. The Morgan fingerprint density at radius 1 is 1.50 bits per heavy atom. The highest BCUT2D eigenvalue weighted by molar-refractivity contribution is 5.04. The standard InChI is InChI=1S/C8H12N2O2/c1-6(12-2)8-9-3-7(5-11)4-10-8/h3-4,6,11H,5H2,1-2H3. The summed E-state index contributed by atoms with van der Waals surface area (Å²) in [6, 6.07) is 0. The van der Waals surface area contributed by atoms with Crippen LogP contribution in [-0.4, -0.2) is 22.2 Å². The maximum absolute atomic E-state index is 8.71. The Hall–Kier alpha value is -1.00. The van der Waals surface area contributed by atoms with Gasteiger partial charge in [0.2, 0.25) is 0 Å². The zero-order valence-corrected chi connectivity index (χ0v) is 7.19. The van der Waals surface area contributed by atoms with E-state index in [0.717, 1.165) is 0 Å². The molecule has 0 fully saturated rings. The van der Waals surface area contributed by atoms with Crippen LogP contribution >= 0.6 is 0 Å². The Morgan fingerprint density at radius 2 is 2.08 bits per heavy atom. The van der Waals surface area contributed by atoms with Crippen LogP contribution < -0.4 is 0 Å². The molecule has 1 unspecified atom stereocenters. The average Bonchev–Trinajstić information content (AvgIpc) is 2.17. The van der Waals surface area contributed by atoms with Crippen LogP contribution in [0.4, 0.5) is 0 Å². The molecule has 0 saturated carbocycles. The summed E-state index contributed by atoms with van der Waals surface area (Å²) in [5.74, 6) is 0.634. The smallest absolute Gasteiger partial charge is 0.156 e. The van der Waals surface area contributed by atoms with Crippen molar-refractivity contribution in [2.24, 2.45) is 0 Å². The van der Waals surface area contributed by atoms with Crippen LogP contribution in [-0.2, 0) is 11.3 Å². The van der Waals surface area contributed by atoms with Crippen LogP contribution in [0.15, 0.2) is 12.4 Å². The number of rotatable bonds is 3. The Kier molecular flexibility index (Phi) is 3.13. The number of hydrogen-bond donors (Lipinski definition) is 1. The van der Waals surface area contributed by atoms with E-state index in [1.165, 1.54) is 0 Å². The average molecular weight is 168 g/mol. The van der Waals surface area contributed by atoms with Gasteiger partial charge in [0.05, 0.1) is 6.61 Å². The van der Waals surface area contributed by atoms with Crippen molar-refractivity contribution in [1.82, 2.24) is 9.97 Å². The Bertz CT molecular complexity index is 235. The molecule has 0 aliphatic rings. The fourth-order valence-corrected chi connectivity index (χ4v) is 0.762. The number of ether oxygens (including phenoxy) is 1. The molecular weight excluding hydrogens is 156 g/mol. The summed E-state index contributed by atoms with van der Waals surface area (Å²) in [4.78, 5) is 8.05. The van der Waals surface area contributed by atoms with E-state index in [4.69, 9.17) is 9.84 Å². The minimum absolute atomic E-state index is 0.0261. The van der Waals surface area contributed by atoms with Crippen molar-refractivity contribution in [3.8, 4) is 0 Å². The van der Waals surface area contributed by atoms with E-state index in [9.17, 15) is 0 Å². The van der Waals surface area contributed by atoms with E-state index in [1.54, 1.807) is 19.5 Å². The second-order valence-corrected chi connectivity index (χ2v) is 2.49.